The number of hydrogen-bond acceptors (Lipinski definition) is 6. The highest BCUT2D eigenvalue weighted by Crippen LogP contribution is 2.24. The van der Waals surface area contributed by atoms with Crippen LogP contribution in [0, 0.1) is 0 Å². The van der Waals surface area contributed by atoms with Crippen LogP contribution in [-0.4, -0.2) is 35.4 Å². The Bertz CT molecular complexity index is 1600. The normalized spacial score (nSPS) is 11.0. The number of nitrogens with zero attached hydrogens (tertiary/aromatic N) is 2. The lowest BCUT2D eigenvalue weighted by Crippen LogP contribution is -2.18. The number of carbonyl (C=O) groups is 2. The van der Waals surface area contributed by atoms with Crippen LogP contribution in [0.25, 0.3) is 22.0 Å². The van der Waals surface area contributed by atoms with Crippen LogP contribution in [0.5, 0.6) is 5.75 Å². The number of nitrogens with one attached hydrogen (secondary N) is 2. The number of fused-ring (bicyclic) bond motifs is 1. The summed E-state index contributed by atoms with van der Waals surface area (Å²) in [5.74, 6) is -0.106. The fraction of sp³-hybridized carbons (Fsp3) is 0.0667. The van der Waals surface area contributed by atoms with Gasteiger partial charge in [0.05, 0.1) is 24.6 Å². The molecule has 0 aliphatic carbocycles. The highest BCUT2D eigenvalue weighted by molar-refractivity contribution is 5.94. The van der Waals surface area contributed by atoms with E-state index in [4.69, 9.17) is 4.74 Å². The molecule has 4 aromatic carbocycles. The lowest BCUT2D eigenvalue weighted by Gasteiger charge is -2.09. The summed E-state index contributed by atoms with van der Waals surface area (Å²) in [7, 11) is 1.33. The summed E-state index contributed by atoms with van der Waals surface area (Å²) in [4.78, 5) is 24.0. The minimum Gasteiger partial charge on any atom is -0.489 e. The average molecular weight is 505 g/mol. The molecule has 1 aromatic heterocycles. The van der Waals surface area contributed by atoms with Gasteiger partial charge >= 0.3 is 5.97 Å². The maximum Gasteiger partial charge on any atom is 0.337 e. The van der Waals surface area contributed by atoms with Gasteiger partial charge in [-0.2, -0.15) is 10.2 Å². The van der Waals surface area contributed by atoms with Gasteiger partial charge in [0.15, 0.2) is 0 Å². The molecule has 0 saturated carbocycles. The molecule has 0 saturated heterocycles. The Balaban J connectivity index is 1.17. The van der Waals surface area contributed by atoms with Gasteiger partial charge in [0.25, 0.3) is 5.91 Å². The van der Waals surface area contributed by atoms with Gasteiger partial charge in [-0.1, -0.05) is 54.6 Å². The number of benzene rings is 4. The van der Waals surface area contributed by atoms with Crippen molar-refractivity contribution in [1.29, 1.82) is 0 Å². The second kappa shape index (κ2) is 11.2. The van der Waals surface area contributed by atoms with Crippen LogP contribution < -0.4 is 10.2 Å². The molecular weight excluding hydrogens is 480 g/mol. The zero-order valence-electron chi connectivity index (χ0n) is 20.5. The van der Waals surface area contributed by atoms with Crippen molar-refractivity contribution in [1.82, 2.24) is 15.6 Å². The van der Waals surface area contributed by atoms with E-state index >= 15 is 0 Å². The van der Waals surface area contributed by atoms with Crippen molar-refractivity contribution < 1.29 is 19.1 Å². The van der Waals surface area contributed by atoms with E-state index < -0.39 is 11.9 Å². The average Bonchev–Trinajstić information content (AvgIpc) is 3.47. The molecule has 0 aliphatic rings. The van der Waals surface area contributed by atoms with E-state index in [0.717, 1.165) is 16.9 Å². The molecule has 0 aliphatic heterocycles. The quantitative estimate of drug-likeness (QED) is 0.168. The van der Waals surface area contributed by atoms with E-state index in [-0.39, 0.29) is 5.69 Å². The first-order chi connectivity index (χ1) is 18.6. The maximum absolute atomic E-state index is 12.5. The minimum absolute atomic E-state index is 0.273. The van der Waals surface area contributed by atoms with E-state index in [1.54, 1.807) is 30.3 Å². The number of carbonyl (C=O) groups excluding carboxylic acids is 2. The fourth-order valence-corrected chi connectivity index (χ4v) is 3.94. The SMILES string of the molecule is COC(=O)c1ccc(/C=N\NC(=O)c2cc(-c3ccc(OCc4cccc5ccccc45)cc3)n[nH]2)cc1. The van der Waals surface area contributed by atoms with E-state index in [2.05, 4.69) is 49.7 Å². The number of aromatic amines is 1. The van der Waals surface area contributed by atoms with Gasteiger partial charge in [0, 0.05) is 5.56 Å². The van der Waals surface area contributed by atoms with Crippen LogP contribution in [-0.2, 0) is 11.3 Å². The molecule has 5 rings (SSSR count). The van der Waals surface area contributed by atoms with Crippen molar-refractivity contribution >= 4 is 28.9 Å². The smallest absolute Gasteiger partial charge is 0.337 e. The number of esters is 1. The summed E-state index contributed by atoms with van der Waals surface area (Å²) in [5.41, 5.74) is 6.47. The molecule has 5 aromatic rings. The third-order valence-electron chi connectivity index (χ3n) is 5.96. The minimum atomic E-state index is -0.429. The molecule has 188 valence electrons. The van der Waals surface area contributed by atoms with E-state index in [9.17, 15) is 9.59 Å². The Morgan fingerprint density at radius 2 is 1.71 bits per heavy atom. The first kappa shape index (κ1) is 24.5. The predicted molar refractivity (Wildman–Crippen MR) is 145 cm³/mol. The van der Waals surface area contributed by atoms with Crippen LogP contribution in [0.1, 0.15) is 32.0 Å². The summed E-state index contributed by atoms with van der Waals surface area (Å²) >= 11 is 0. The summed E-state index contributed by atoms with van der Waals surface area (Å²) in [6.45, 7) is 0.462. The molecular formula is C30H24N4O4. The molecule has 0 bridgehead atoms. The Kier molecular flexibility index (Phi) is 7.22. The van der Waals surface area contributed by atoms with Gasteiger partial charge in [0.2, 0.25) is 0 Å². The Hall–Kier alpha value is -5.24. The summed E-state index contributed by atoms with van der Waals surface area (Å²) in [5, 5.41) is 13.3. The first-order valence-electron chi connectivity index (χ1n) is 11.9. The molecule has 8 nitrogen and oxygen atoms in total. The summed E-state index contributed by atoms with van der Waals surface area (Å²) in [6.07, 6.45) is 1.48. The number of hydrazone groups is 1. The second-order valence-electron chi connectivity index (χ2n) is 8.43. The first-order valence-corrected chi connectivity index (χ1v) is 11.9. The second-order valence-corrected chi connectivity index (χ2v) is 8.43. The highest BCUT2D eigenvalue weighted by atomic mass is 16.5. The zero-order chi connectivity index (χ0) is 26.3. The van der Waals surface area contributed by atoms with Crippen molar-refractivity contribution in [3.05, 3.63) is 119 Å². The molecule has 2 N–H and O–H groups in total. The molecule has 0 atom stereocenters. The monoisotopic (exact) mass is 504 g/mol. The molecule has 0 spiro atoms. The van der Waals surface area contributed by atoms with Crippen molar-refractivity contribution in [2.24, 2.45) is 5.10 Å². The topological polar surface area (TPSA) is 106 Å². The highest BCUT2D eigenvalue weighted by Gasteiger charge is 2.11. The standard InChI is InChI=1S/C30H24N4O4/c1-37-30(36)23-11-9-20(10-12-23)18-31-34-29(35)28-17-27(32-33-28)22-13-15-25(16-14-22)38-19-24-7-4-6-21-5-2-3-8-26(21)24/h2-18H,19H2,1H3,(H,32,33)(H,34,35)/b31-18-. The lowest BCUT2D eigenvalue weighted by atomic mass is 10.1. The van der Waals surface area contributed by atoms with Crippen molar-refractivity contribution in [3.63, 3.8) is 0 Å². The van der Waals surface area contributed by atoms with Crippen molar-refractivity contribution in [2.75, 3.05) is 7.11 Å². The van der Waals surface area contributed by atoms with Crippen LogP contribution in [0.4, 0.5) is 0 Å². The molecule has 1 heterocycles. The van der Waals surface area contributed by atoms with E-state index in [0.29, 0.717) is 23.4 Å². The number of hydrogen-bond donors (Lipinski definition) is 2. The summed E-state index contributed by atoms with van der Waals surface area (Å²) < 4.78 is 10.7. The Morgan fingerprint density at radius 1 is 0.947 bits per heavy atom. The zero-order valence-corrected chi connectivity index (χ0v) is 20.5. The van der Waals surface area contributed by atoms with Crippen molar-refractivity contribution in [2.45, 2.75) is 6.61 Å². The molecule has 0 radical (unpaired) electrons. The van der Waals surface area contributed by atoms with Gasteiger partial charge in [0.1, 0.15) is 18.1 Å². The molecule has 0 unspecified atom stereocenters. The number of ether oxygens (including phenoxy) is 2. The number of amides is 1. The molecule has 8 heteroatoms. The predicted octanol–water partition coefficient (Wildman–Crippen LogP) is 5.36. The van der Waals surface area contributed by atoms with Gasteiger partial charge in [-0.25, -0.2) is 10.2 Å². The lowest BCUT2D eigenvalue weighted by molar-refractivity contribution is 0.0600. The van der Waals surface area contributed by atoms with Crippen LogP contribution >= 0.6 is 0 Å². The fourth-order valence-electron chi connectivity index (χ4n) is 3.94. The third-order valence-corrected chi connectivity index (χ3v) is 5.96. The van der Waals surface area contributed by atoms with Crippen LogP contribution in [0.3, 0.4) is 0 Å². The number of H-pyrrole nitrogens is 1. The largest absolute Gasteiger partial charge is 0.489 e. The van der Waals surface area contributed by atoms with Crippen LogP contribution in [0.15, 0.2) is 102 Å². The van der Waals surface area contributed by atoms with Gasteiger partial charge in [-0.05, 0) is 64.4 Å². The number of rotatable bonds is 8. The third kappa shape index (κ3) is 5.60. The summed E-state index contributed by atoms with van der Waals surface area (Å²) in [6, 6.07) is 30.3. The Morgan fingerprint density at radius 3 is 2.50 bits per heavy atom. The Labute approximate surface area is 218 Å². The van der Waals surface area contributed by atoms with E-state index in [1.807, 2.05) is 42.5 Å². The number of methoxy groups -OCH3 is 1. The molecule has 38 heavy (non-hydrogen) atoms. The molecule has 1 amide bonds. The van der Waals surface area contributed by atoms with Gasteiger partial charge in [-0.15, -0.1) is 0 Å². The van der Waals surface area contributed by atoms with Crippen LogP contribution in [0.2, 0.25) is 0 Å². The van der Waals surface area contributed by atoms with E-state index in [1.165, 1.54) is 24.1 Å². The van der Waals surface area contributed by atoms with Gasteiger partial charge in [-0.3, -0.25) is 9.89 Å². The van der Waals surface area contributed by atoms with Gasteiger partial charge < -0.3 is 9.47 Å². The van der Waals surface area contributed by atoms with Crippen molar-refractivity contribution in [3.8, 4) is 17.0 Å². The molecule has 0 fully saturated rings. The maximum atomic E-state index is 12.5. The number of aromatic nitrogens is 2.